The molecule has 1 N–H and O–H groups in total. The Hall–Kier alpha value is -1.27. The van der Waals surface area contributed by atoms with Gasteiger partial charge in [-0.1, -0.05) is 38.2 Å². The van der Waals surface area contributed by atoms with Crippen molar-refractivity contribution in [2.75, 3.05) is 0 Å². The summed E-state index contributed by atoms with van der Waals surface area (Å²) in [7, 11) is 0. The highest BCUT2D eigenvalue weighted by molar-refractivity contribution is 7.10. The molecule has 2 aromatic rings. The van der Waals surface area contributed by atoms with Gasteiger partial charge >= 0.3 is 0 Å². The Kier molecular flexibility index (Phi) is 4.55. The molecule has 0 saturated carbocycles. The molecule has 108 valence electrons. The van der Waals surface area contributed by atoms with Crippen LogP contribution in [0.15, 0.2) is 17.5 Å². The SMILES string of the molecule is CCc1nnsc1C(=O)N[C@@H](c1cccs1)C(C)(C)C. The standard InChI is InChI=1S/C14H19N3OS2/c1-5-9-11(20-17-16-9)13(18)15-12(14(2,3)4)10-7-6-8-19-10/h6-8,12H,5H2,1-4H3,(H,15,18)/t12-/m0/s1. The van der Waals surface area contributed by atoms with Crippen LogP contribution in [0.2, 0.25) is 0 Å². The number of amides is 1. The fraction of sp³-hybridized carbons (Fsp3) is 0.500. The number of aromatic nitrogens is 2. The molecular weight excluding hydrogens is 290 g/mol. The van der Waals surface area contributed by atoms with Crippen molar-refractivity contribution in [1.29, 1.82) is 0 Å². The van der Waals surface area contributed by atoms with Crippen molar-refractivity contribution in [2.45, 2.75) is 40.2 Å². The summed E-state index contributed by atoms with van der Waals surface area (Å²) in [6.07, 6.45) is 0.721. The van der Waals surface area contributed by atoms with Crippen LogP contribution in [0.3, 0.4) is 0 Å². The van der Waals surface area contributed by atoms with Crippen molar-refractivity contribution in [1.82, 2.24) is 14.9 Å². The largest absolute Gasteiger partial charge is 0.343 e. The molecule has 1 atom stereocenters. The summed E-state index contributed by atoms with van der Waals surface area (Å²) in [5.74, 6) is -0.0785. The van der Waals surface area contributed by atoms with E-state index in [1.165, 1.54) is 4.88 Å². The van der Waals surface area contributed by atoms with Gasteiger partial charge in [-0.3, -0.25) is 4.79 Å². The van der Waals surface area contributed by atoms with Gasteiger partial charge in [0.15, 0.2) is 0 Å². The first-order chi connectivity index (χ1) is 9.43. The van der Waals surface area contributed by atoms with E-state index in [-0.39, 0.29) is 17.4 Å². The Morgan fingerprint density at radius 1 is 1.45 bits per heavy atom. The van der Waals surface area contributed by atoms with Crippen LogP contribution in [0, 0.1) is 5.41 Å². The van der Waals surface area contributed by atoms with Gasteiger partial charge in [0.25, 0.3) is 5.91 Å². The van der Waals surface area contributed by atoms with Crippen molar-refractivity contribution in [3.8, 4) is 0 Å². The summed E-state index contributed by atoms with van der Waals surface area (Å²) in [6.45, 7) is 8.37. The number of carbonyl (C=O) groups is 1. The van der Waals surface area contributed by atoms with Gasteiger partial charge in [0.05, 0.1) is 11.7 Å². The number of nitrogens with zero attached hydrogens (tertiary/aromatic N) is 2. The summed E-state index contributed by atoms with van der Waals surface area (Å²) in [5, 5.41) is 9.17. The van der Waals surface area contributed by atoms with Crippen LogP contribution in [-0.2, 0) is 6.42 Å². The second-order valence-electron chi connectivity index (χ2n) is 5.69. The van der Waals surface area contributed by atoms with Crippen molar-refractivity contribution in [3.63, 3.8) is 0 Å². The van der Waals surface area contributed by atoms with E-state index in [2.05, 4.69) is 41.7 Å². The number of rotatable bonds is 4. The van der Waals surface area contributed by atoms with Gasteiger partial charge < -0.3 is 5.32 Å². The smallest absolute Gasteiger partial charge is 0.265 e. The van der Waals surface area contributed by atoms with Crippen LogP contribution in [-0.4, -0.2) is 15.5 Å². The third kappa shape index (κ3) is 3.24. The summed E-state index contributed by atoms with van der Waals surface area (Å²) in [6, 6.07) is 4.06. The zero-order valence-electron chi connectivity index (χ0n) is 12.1. The van der Waals surface area contributed by atoms with Crippen molar-refractivity contribution in [3.05, 3.63) is 33.0 Å². The van der Waals surface area contributed by atoms with Gasteiger partial charge in [0, 0.05) is 4.88 Å². The maximum Gasteiger partial charge on any atom is 0.265 e. The molecule has 6 heteroatoms. The second-order valence-corrected chi connectivity index (χ2v) is 7.42. The highest BCUT2D eigenvalue weighted by Gasteiger charge is 2.30. The molecule has 0 aromatic carbocycles. The molecule has 0 aliphatic rings. The highest BCUT2D eigenvalue weighted by Crippen LogP contribution is 2.35. The van der Waals surface area contributed by atoms with Crippen LogP contribution in [0.25, 0.3) is 0 Å². The minimum Gasteiger partial charge on any atom is -0.343 e. The normalized spacial score (nSPS) is 13.2. The monoisotopic (exact) mass is 309 g/mol. The van der Waals surface area contributed by atoms with Crippen LogP contribution >= 0.6 is 22.9 Å². The van der Waals surface area contributed by atoms with E-state index in [0.29, 0.717) is 4.88 Å². The molecule has 0 spiro atoms. The summed E-state index contributed by atoms with van der Waals surface area (Å²) in [4.78, 5) is 14.3. The summed E-state index contributed by atoms with van der Waals surface area (Å²) < 4.78 is 3.88. The molecule has 2 aromatic heterocycles. The van der Waals surface area contributed by atoms with Gasteiger partial charge in [-0.05, 0) is 34.8 Å². The van der Waals surface area contributed by atoms with Gasteiger partial charge in [-0.2, -0.15) is 0 Å². The molecule has 2 heterocycles. The average molecular weight is 309 g/mol. The molecular formula is C14H19N3OS2. The fourth-order valence-electron chi connectivity index (χ4n) is 1.98. The zero-order valence-corrected chi connectivity index (χ0v) is 13.8. The first kappa shape index (κ1) is 15.1. The Bertz CT molecular complexity index is 570. The van der Waals surface area contributed by atoms with Crippen molar-refractivity contribution >= 4 is 28.8 Å². The maximum absolute atomic E-state index is 12.5. The lowest BCUT2D eigenvalue weighted by atomic mass is 9.85. The molecule has 0 bridgehead atoms. The summed E-state index contributed by atoms with van der Waals surface area (Å²) in [5.41, 5.74) is 0.719. The van der Waals surface area contributed by atoms with E-state index in [1.807, 2.05) is 18.4 Å². The molecule has 4 nitrogen and oxygen atoms in total. The van der Waals surface area contributed by atoms with E-state index >= 15 is 0 Å². The van der Waals surface area contributed by atoms with E-state index in [4.69, 9.17) is 0 Å². The Balaban J connectivity index is 2.23. The second kappa shape index (κ2) is 6.01. The predicted molar refractivity (Wildman–Crippen MR) is 83.3 cm³/mol. The van der Waals surface area contributed by atoms with E-state index < -0.39 is 0 Å². The van der Waals surface area contributed by atoms with Gasteiger partial charge in [0.2, 0.25) is 0 Å². The Morgan fingerprint density at radius 3 is 2.75 bits per heavy atom. The van der Waals surface area contributed by atoms with Crippen molar-refractivity contribution in [2.24, 2.45) is 5.41 Å². The van der Waals surface area contributed by atoms with Crippen LogP contribution in [0.1, 0.15) is 54.0 Å². The Morgan fingerprint density at radius 2 is 2.20 bits per heavy atom. The molecule has 0 aliphatic heterocycles. The number of hydrogen-bond acceptors (Lipinski definition) is 5. The molecule has 0 saturated heterocycles. The predicted octanol–water partition coefficient (Wildman–Crippen LogP) is 3.68. The molecule has 1 amide bonds. The molecule has 0 unspecified atom stereocenters. The highest BCUT2D eigenvalue weighted by atomic mass is 32.1. The maximum atomic E-state index is 12.5. The third-order valence-corrected chi connectivity index (χ3v) is 4.77. The van der Waals surface area contributed by atoms with E-state index in [0.717, 1.165) is 23.6 Å². The molecule has 0 fully saturated rings. The quantitative estimate of drug-likeness (QED) is 0.937. The topological polar surface area (TPSA) is 54.9 Å². The number of aryl methyl sites for hydroxylation is 1. The number of thiophene rings is 1. The molecule has 2 rings (SSSR count). The average Bonchev–Trinajstić information content (AvgIpc) is 3.04. The minimum atomic E-state index is -0.0785. The van der Waals surface area contributed by atoms with Crippen LogP contribution in [0.4, 0.5) is 0 Å². The lowest BCUT2D eigenvalue weighted by Crippen LogP contribution is -2.36. The third-order valence-electron chi connectivity index (χ3n) is 3.07. The minimum absolute atomic E-state index is 0.0122. The zero-order chi connectivity index (χ0) is 14.8. The summed E-state index contributed by atoms with van der Waals surface area (Å²) >= 11 is 2.83. The van der Waals surface area contributed by atoms with Gasteiger partial charge in [-0.25, -0.2) is 0 Å². The first-order valence-electron chi connectivity index (χ1n) is 6.59. The number of hydrogen-bond donors (Lipinski definition) is 1. The number of nitrogens with one attached hydrogen (secondary N) is 1. The lowest BCUT2D eigenvalue weighted by molar-refractivity contribution is 0.0906. The van der Waals surface area contributed by atoms with E-state index in [9.17, 15) is 4.79 Å². The Labute approximate surface area is 127 Å². The molecule has 20 heavy (non-hydrogen) atoms. The lowest BCUT2D eigenvalue weighted by Gasteiger charge is -2.30. The van der Waals surface area contributed by atoms with Gasteiger partial charge in [0.1, 0.15) is 4.88 Å². The first-order valence-corrected chi connectivity index (χ1v) is 8.24. The van der Waals surface area contributed by atoms with Crippen molar-refractivity contribution < 1.29 is 4.79 Å². The molecule has 0 radical (unpaired) electrons. The number of carbonyl (C=O) groups excluding carboxylic acids is 1. The van der Waals surface area contributed by atoms with E-state index in [1.54, 1.807) is 11.3 Å². The van der Waals surface area contributed by atoms with Gasteiger partial charge in [-0.15, -0.1) is 16.4 Å². The van der Waals surface area contributed by atoms with Crippen LogP contribution in [0.5, 0.6) is 0 Å². The fourth-order valence-corrected chi connectivity index (χ4v) is 3.65. The molecule has 0 aliphatic carbocycles. The van der Waals surface area contributed by atoms with Crippen LogP contribution < -0.4 is 5.32 Å².